The number of hydrogen-bond acceptors (Lipinski definition) is 1. The van der Waals surface area contributed by atoms with Gasteiger partial charge in [-0.3, -0.25) is 14.0 Å². The van der Waals surface area contributed by atoms with E-state index in [1.807, 2.05) is 19.2 Å². The van der Waals surface area contributed by atoms with E-state index in [4.69, 9.17) is 0 Å². The SMILES string of the molecule is C/C=C/N=P(N(C)C)(N(C)C)N(C)C. The summed E-state index contributed by atoms with van der Waals surface area (Å²) in [4.78, 5) is 0. The average molecular weight is 218 g/mol. The topological polar surface area (TPSA) is 22.1 Å². The van der Waals surface area contributed by atoms with Crippen molar-refractivity contribution in [1.29, 1.82) is 0 Å². The molecule has 0 unspecified atom stereocenters. The summed E-state index contributed by atoms with van der Waals surface area (Å²) in [5.41, 5.74) is 0. The summed E-state index contributed by atoms with van der Waals surface area (Å²) < 4.78 is 11.2. The van der Waals surface area contributed by atoms with E-state index in [9.17, 15) is 0 Å². The number of nitrogens with zero attached hydrogens (tertiary/aromatic N) is 4. The molecule has 0 aromatic heterocycles. The van der Waals surface area contributed by atoms with Gasteiger partial charge in [0.25, 0.3) is 0 Å². The highest BCUT2D eigenvalue weighted by atomic mass is 31.2. The minimum atomic E-state index is -1.69. The monoisotopic (exact) mass is 218 g/mol. The van der Waals surface area contributed by atoms with Gasteiger partial charge in [-0.15, -0.1) is 0 Å². The van der Waals surface area contributed by atoms with Gasteiger partial charge in [-0.05, 0) is 49.2 Å². The summed E-state index contributed by atoms with van der Waals surface area (Å²) in [5.74, 6) is 0. The Hall–Kier alpha value is -0.150. The lowest BCUT2D eigenvalue weighted by atomic mass is 10.7. The maximum atomic E-state index is 4.68. The predicted octanol–water partition coefficient (Wildman–Crippen LogP) is 2.15. The van der Waals surface area contributed by atoms with Gasteiger partial charge in [0, 0.05) is 6.20 Å². The van der Waals surface area contributed by atoms with Gasteiger partial charge in [-0.25, -0.2) is 4.74 Å². The van der Waals surface area contributed by atoms with Crippen LogP contribution in [-0.4, -0.2) is 56.3 Å². The van der Waals surface area contributed by atoms with E-state index in [2.05, 4.69) is 61.0 Å². The lowest BCUT2D eigenvalue weighted by molar-refractivity contribution is 0.474. The summed E-state index contributed by atoms with van der Waals surface area (Å²) in [7, 11) is 10.7. The van der Waals surface area contributed by atoms with Crippen molar-refractivity contribution in [3.05, 3.63) is 12.3 Å². The second-order valence-corrected chi connectivity index (χ2v) is 7.38. The van der Waals surface area contributed by atoms with E-state index in [0.717, 1.165) is 0 Å². The van der Waals surface area contributed by atoms with Crippen LogP contribution in [0.3, 0.4) is 0 Å². The number of allylic oxidation sites excluding steroid dienone is 1. The van der Waals surface area contributed by atoms with E-state index in [0.29, 0.717) is 0 Å². The molecule has 0 aliphatic rings. The highest BCUT2D eigenvalue weighted by Crippen LogP contribution is 2.54. The Morgan fingerprint density at radius 2 is 1.21 bits per heavy atom. The molecular formula is C9H23N4P. The lowest BCUT2D eigenvalue weighted by Gasteiger charge is -2.40. The Morgan fingerprint density at radius 1 is 0.857 bits per heavy atom. The van der Waals surface area contributed by atoms with Crippen LogP contribution < -0.4 is 0 Å². The second-order valence-electron chi connectivity index (χ2n) is 3.68. The fourth-order valence-electron chi connectivity index (χ4n) is 1.54. The first-order valence-corrected chi connectivity index (χ1v) is 6.25. The van der Waals surface area contributed by atoms with E-state index in [1.165, 1.54) is 0 Å². The van der Waals surface area contributed by atoms with E-state index >= 15 is 0 Å². The molecule has 0 radical (unpaired) electrons. The van der Waals surface area contributed by atoms with E-state index in [-0.39, 0.29) is 0 Å². The van der Waals surface area contributed by atoms with Crippen LogP contribution in [0.25, 0.3) is 0 Å². The molecule has 0 bridgehead atoms. The molecule has 0 aliphatic carbocycles. The Morgan fingerprint density at radius 3 is 1.43 bits per heavy atom. The highest BCUT2D eigenvalue weighted by molar-refractivity contribution is 7.59. The summed E-state index contributed by atoms with van der Waals surface area (Å²) in [6.45, 7) is 1.99. The smallest absolute Gasteiger partial charge is 0.170 e. The summed E-state index contributed by atoms with van der Waals surface area (Å²) in [6, 6.07) is 0. The molecule has 84 valence electrons. The molecule has 0 spiro atoms. The van der Waals surface area contributed by atoms with Crippen LogP contribution in [0.4, 0.5) is 0 Å². The third-order valence-electron chi connectivity index (χ3n) is 1.98. The van der Waals surface area contributed by atoms with Crippen molar-refractivity contribution in [3.63, 3.8) is 0 Å². The van der Waals surface area contributed by atoms with Crippen LogP contribution in [0.1, 0.15) is 6.92 Å². The minimum Gasteiger partial charge on any atom is -0.252 e. The normalized spacial score (nSPS) is 13.6. The van der Waals surface area contributed by atoms with Gasteiger partial charge in [0.15, 0.2) is 7.51 Å². The van der Waals surface area contributed by atoms with Crippen molar-refractivity contribution < 1.29 is 0 Å². The molecule has 5 heteroatoms. The molecule has 0 amide bonds. The zero-order valence-electron chi connectivity index (χ0n) is 10.4. The molecule has 0 rings (SSSR count). The third kappa shape index (κ3) is 2.67. The number of rotatable bonds is 4. The van der Waals surface area contributed by atoms with Gasteiger partial charge in [0.1, 0.15) is 0 Å². The molecule has 4 nitrogen and oxygen atoms in total. The van der Waals surface area contributed by atoms with Crippen molar-refractivity contribution >= 4 is 7.51 Å². The van der Waals surface area contributed by atoms with Crippen LogP contribution in [0.15, 0.2) is 17.0 Å². The molecule has 0 atom stereocenters. The molecule has 0 heterocycles. The van der Waals surface area contributed by atoms with Crippen molar-refractivity contribution in [2.24, 2.45) is 4.74 Å². The van der Waals surface area contributed by atoms with Crippen molar-refractivity contribution in [3.8, 4) is 0 Å². The predicted molar refractivity (Wildman–Crippen MR) is 65.2 cm³/mol. The second kappa shape index (κ2) is 5.66. The Labute approximate surface area is 88.4 Å². The maximum absolute atomic E-state index is 4.68. The van der Waals surface area contributed by atoms with Crippen LogP contribution in [0, 0.1) is 0 Å². The van der Waals surface area contributed by atoms with Gasteiger partial charge in [-0.1, -0.05) is 6.08 Å². The molecular weight excluding hydrogens is 195 g/mol. The highest BCUT2D eigenvalue weighted by Gasteiger charge is 2.27. The first-order chi connectivity index (χ1) is 6.39. The fraction of sp³-hybridized carbons (Fsp3) is 0.778. The Balaban J connectivity index is 5.39. The molecule has 0 saturated carbocycles. The zero-order chi connectivity index (χ0) is 11.4. The van der Waals surface area contributed by atoms with Crippen LogP contribution >= 0.6 is 7.51 Å². The van der Waals surface area contributed by atoms with Gasteiger partial charge < -0.3 is 0 Å². The van der Waals surface area contributed by atoms with Crippen molar-refractivity contribution in [2.45, 2.75) is 6.92 Å². The summed E-state index contributed by atoms with van der Waals surface area (Å²) in [6.07, 6.45) is 3.85. The molecule has 0 aromatic rings. The first kappa shape index (κ1) is 13.8. The fourth-order valence-corrected chi connectivity index (χ4v) is 4.62. The third-order valence-corrected chi connectivity index (χ3v) is 5.64. The van der Waals surface area contributed by atoms with Crippen molar-refractivity contribution in [2.75, 3.05) is 42.3 Å². The largest absolute Gasteiger partial charge is 0.252 e. The van der Waals surface area contributed by atoms with Gasteiger partial charge in [-0.2, -0.15) is 0 Å². The molecule has 0 fully saturated rings. The van der Waals surface area contributed by atoms with E-state index < -0.39 is 7.51 Å². The maximum Gasteiger partial charge on any atom is 0.170 e. The molecule has 0 aromatic carbocycles. The average Bonchev–Trinajstić information content (AvgIpc) is 2.03. The Bertz CT molecular complexity index is 215. The first-order valence-electron chi connectivity index (χ1n) is 4.65. The van der Waals surface area contributed by atoms with Gasteiger partial charge >= 0.3 is 0 Å². The lowest BCUT2D eigenvalue weighted by Crippen LogP contribution is -2.30. The zero-order valence-corrected chi connectivity index (χ0v) is 11.3. The van der Waals surface area contributed by atoms with Gasteiger partial charge in [0.2, 0.25) is 0 Å². The summed E-state index contributed by atoms with van der Waals surface area (Å²) in [5, 5.41) is 0. The van der Waals surface area contributed by atoms with Gasteiger partial charge in [0.05, 0.1) is 0 Å². The van der Waals surface area contributed by atoms with Crippen LogP contribution in [0.5, 0.6) is 0 Å². The van der Waals surface area contributed by atoms with Crippen LogP contribution in [-0.2, 0) is 0 Å². The van der Waals surface area contributed by atoms with Crippen LogP contribution in [0.2, 0.25) is 0 Å². The Kier molecular flexibility index (Phi) is 5.60. The quantitative estimate of drug-likeness (QED) is 0.675. The summed E-state index contributed by atoms with van der Waals surface area (Å²) >= 11 is 0. The standard InChI is InChI=1S/C9H23N4P/c1-8-9-10-14(11(2)3,12(4)5)13(6)7/h8-9H,1-7H3/b9-8+. The van der Waals surface area contributed by atoms with E-state index in [1.54, 1.807) is 0 Å². The molecule has 0 N–H and O–H groups in total. The number of hydrogen-bond donors (Lipinski definition) is 0. The molecule has 0 saturated heterocycles. The minimum absolute atomic E-state index is 1.69. The van der Waals surface area contributed by atoms with Crippen molar-refractivity contribution in [1.82, 2.24) is 14.0 Å². The molecule has 0 aliphatic heterocycles. The molecule has 14 heavy (non-hydrogen) atoms.